The third kappa shape index (κ3) is 3.56. The van der Waals surface area contributed by atoms with Crippen LogP contribution in [0, 0.1) is 0 Å². The smallest absolute Gasteiger partial charge is 0.257 e. The van der Waals surface area contributed by atoms with Gasteiger partial charge < -0.3 is 10.2 Å². The molecule has 0 unspecified atom stereocenters. The molecule has 0 atom stereocenters. The van der Waals surface area contributed by atoms with E-state index in [1.165, 1.54) is 12.8 Å². The lowest BCUT2D eigenvalue weighted by Crippen LogP contribution is -2.26. The summed E-state index contributed by atoms with van der Waals surface area (Å²) in [6, 6.07) is 10.4. The molecule has 1 aromatic carbocycles. The maximum absolute atomic E-state index is 12.3. The Kier molecular flexibility index (Phi) is 3.81. The van der Waals surface area contributed by atoms with Gasteiger partial charge in [0.05, 0.1) is 5.56 Å². The maximum Gasteiger partial charge on any atom is 0.257 e. The van der Waals surface area contributed by atoms with Gasteiger partial charge in [-0.1, -0.05) is 30.3 Å². The first-order chi connectivity index (χ1) is 10.2. The van der Waals surface area contributed by atoms with Crippen LogP contribution >= 0.6 is 0 Å². The Morgan fingerprint density at radius 1 is 1.24 bits per heavy atom. The Balaban J connectivity index is 1.63. The molecule has 0 spiro atoms. The van der Waals surface area contributed by atoms with Crippen molar-refractivity contribution < 1.29 is 4.79 Å². The Morgan fingerprint density at radius 2 is 1.90 bits per heavy atom. The van der Waals surface area contributed by atoms with E-state index in [-0.39, 0.29) is 5.91 Å². The fourth-order valence-corrected chi connectivity index (χ4v) is 2.07. The summed E-state index contributed by atoms with van der Waals surface area (Å²) in [5.74, 6) is 0.525. The van der Waals surface area contributed by atoms with Crippen molar-refractivity contribution in [2.45, 2.75) is 25.4 Å². The SMILES string of the molecule is CN(Cc1ccccc1)C(=O)c1cnc(NC2CC2)nc1. The van der Waals surface area contributed by atoms with Crippen LogP contribution in [0.5, 0.6) is 0 Å². The highest BCUT2D eigenvalue weighted by atomic mass is 16.2. The predicted molar refractivity (Wildman–Crippen MR) is 80.9 cm³/mol. The third-order valence-electron chi connectivity index (χ3n) is 3.42. The lowest BCUT2D eigenvalue weighted by atomic mass is 10.2. The average molecular weight is 282 g/mol. The molecular formula is C16H18N4O. The van der Waals surface area contributed by atoms with E-state index >= 15 is 0 Å². The normalized spacial score (nSPS) is 13.8. The van der Waals surface area contributed by atoms with Gasteiger partial charge in [-0.15, -0.1) is 0 Å². The highest BCUT2D eigenvalue weighted by molar-refractivity contribution is 5.93. The van der Waals surface area contributed by atoms with Crippen LogP contribution in [0.3, 0.4) is 0 Å². The fourth-order valence-electron chi connectivity index (χ4n) is 2.07. The second kappa shape index (κ2) is 5.91. The van der Waals surface area contributed by atoms with Crippen LogP contribution in [-0.2, 0) is 6.54 Å². The van der Waals surface area contributed by atoms with Crippen LogP contribution in [-0.4, -0.2) is 33.9 Å². The van der Waals surface area contributed by atoms with Crippen LogP contribution in [0.4, 0.5) is 5.95 Å². The lowest BCUT2D eigenvalue weighted by molar-refractivity contribution is 0.0784. The van der Waals surface area contributed by atoms with E-state index in [1.54, 1.807) is 24.3 Å². The number of hydrogen-bond acceptors (Lipinski definition) is 4. The van der Waals surface area contributed by atoms with Crippen molar-refractivity contribution in [3.05, 3.63) is 53.9 Å². The molecule has 1 heterocycles. The second-order valence-electron chi connectivity index (χ2n) is 5.36. The standard InChI is InChI=1S/C16H18N4O/c1-20(11-12-5-3-2-4-6-12)15(21)13-9-17-16(18-10-13)19-14-7-8-14/h2-6,9-10,14H,7-8,11H2,1H3,(H,17,18,19). The van der Waals surface area contributed by atoms with Crippen LogP contribution in [0.25, 0.3) is 0 Å². The van der Waals surface area contributed by atoms with Gasteiger partial charge >= 0.3 is 0 Å². The van der Waals surface area contributed by atoms with Crippen molar-refractivity contribution in [1.82, 2.24) is 14.9 Å². The number of carbonyl (C=O) groups is 1. The zero-order valence-corrected chi connectivity index (χ0v) is 12.0. The molecule has 5 heteroatoms. The van der Waals surface area contributed by atoms with E-state index in [0.29, 0.717) is 24.1 Å². The molecule has 0 bridgehead atoms. The summed E-state index contributed by atoms with van der Waals surface area (Å²) < 4.78 is 0. The summed E-state index contributed by atoms with van der Waals surface area (Å²) in [4.78, 5) is 22.4. The van der Waals surface area contributed by atoms with Crippen molar-refractivity contribution >= 4 is 11.9 Å². The molecule has 5 nitrogen and oxygen atoms in total. The molecule has 1 saturated carbocycles. The van der Waals surface area contributed by atoms with Crippen LogP contribution in [0.1, 0.15) is 28.8 Å². The number of carbonyl (C=O) groups excluding carboxylic acids is 1. The van der Waals surface area contributed by atoms with Gasteiger partial charge in [0.2, 0.25) is 5.95 Å². The van der Waals surface area contributed by atoms with E-state index < -0.39 is 0 Å². The number of anilines is 1. The summed E-state index contributed by atoms with van der Waals surface area (Å²) in [5, 5.41) is 3.20. The molecule has 1 fully saturated rings. The zero-order chi connectivity index (χ0) is 14.7. The van der Waals surface area contributed by atoms with E-state index in [9.17, 15) is 4.79 Å². The number of rotatable bonds is 5. The quantitative estimate of drug-likeness (QED) is 0.914. The Hall–Kier alpha value is -2.43. The molecule has 3 rings (SSSR count). The minimum Gasteiger partial charge on any atom is -0.351 e. The summed E-state index contributed by atoms with van der Waals surface area (Å²) >= 11 is 0. The summed E-state index contributed by atoms with van der Waals surface area (Å²) in [6.07, 6.45) is 5.51. The molecule has 1 aromatic heterocycles. The second-order valence-corrected chi connectivity index (χ2v) is 5.36. The van der Waals surface area contributed by atoms with Gasteiger partial charge in [0.1, 0.15) is 0 Å². The molecule has 2 aromatic rings. The van der Waals surface area contributed by atoms with Crippen molar-refractivity contribution in [2.75, 3.05) is 12.4 Å². The molecule has 1 N–H and O–H groups in total. The molecule has 0 saturated heterocycles. The van der Waals surface area contributed by atoms with Gasteiger partial charge in [-0.2, -0.15) is 0 Å². The molecule has 21 heavy (non-hydrogen) atoms. The van der Waals surface area contributed by atoms with Gasteiger partial charge in [-0.05, 0) is 18.4 Å². The molecular weight excluding hydrogens is 264 g/mol. The topological polar surface area (TPSA) is 58.1 Å². The van der Waals surface area contributed by atoms with Crippen molar-refractivity contribution in [3.8, 4) is 0 Å². The Morgan fingerprint density at radius 3 is 2.52 bits per heavy atom. The maximum atomic E-state index is 12.3. The van der Waals surface area contributed by atoms with Crippen LogP contribution in [0.2, 0.25) is 0 Å². The molecule has 0 radical (unpaired) electrons. The largest absolute Gasteiger partial charge is 0.351 e. The molecule has 1 amide bonds. The first kappa shape index (κ1) is 13.5. The van der Waals surface area contributed by atoms with Gasteiger partial charge in [0, 0.05) is 32.0 Å². The molecule has 108 valence electrons. The minimum atomic E-state index is -0.0724. The van der Waals surface area contributed by atoms with E-state index in [0.717, 1.165) is 5.56 Å². The predicted octanol–water partition coefficient (Wildman–Crippen LogP) is 2.32. The number of benzene rings is 1. The first-order valence-corrected chi connectivity index (χ1v) is 7.10. The number of hydrogen-bond donors (Lipinski definition) is 1. The Labute approximate surface area is 124 Å². The number of nitrogens with zero attached hydrogens (tertiary/aromatic N) is 3. The summed E-state index contributed by atoms with van der Waals surface area (Å²) in [7, 11) is 1.78. The zero-order valence-electron chi connectivity index (χ0n) is 12.0. The minimum absolute atomic E-state index is 0.0724. The van der Waals surface area contributed by atoms with Crippen molar-refractivity contribution in [3.63, 3.8) is 0 Å². The van der Waals surface area contributed by atoms with Crippen LogP contribution in [0.15, 0.2) is 42.7 Å². The van der Waals surface area contributed by atoms with Crippen molar-refractivity contribution in [2.24, 2.45) is 0 Å². The van der Waals surface area contributed by atoms with Crippen molar-refractivity contribution in [1.29, 1.82) is 0 Å². The summed E-state index contributed by atoms with van der Waals surface area (Å²) in [5.41, 5.74) is 1.61. The Bertz CT molecular complexity index is 608. The van der Waals surface area contributed by atoms with Gasteiger partial charge in [0.15, 0.2) is 0 Å². The number of aromatic nitrogens is 2. The monoisotopic (exact) mass is 282 g/mol. The number of amides is 1. The van der Waals surface area contributed by atoms with Gasteiger partial charge in [-0.3, -0.25) is 4.79 Å². The molecule has 0 aliphatic heterocycles. The fraction of sp³-hybridized carbons (Fsp3) is 0.312. The third-order valence-corrected chi connectivity index (χ3v) is 3.42. The van der Waals surface area contributed by atoms with Crippen LogP contribution < -0.4 is 5.32 Å². The average Bonchev–Trinajstić information content (AvgIpc) is 3.32. The summed E-state index contributed by atoms with van der Waals surface area (Å²) in [6.45, 7) is 0.571. The highest BCUT2D eigenvalue weighted by Crippen LogP contribution is 2.22. The van der Waals surface area contributed by atoms with Gasteiger partial charge in [-0.25, -0.2) is 9.97 Å². The van der Waals surface area contributed by atoms with E-state index in [1.807, 2.05) is 30.3 Å². The number of nitrogens with one attached hydrogen (secondary N) is 1. The first-order valence-electron chi connectivity index (χ1n) is 7.10. The lowest BCUT2D eigenvalue weighted by Gasteiger charge is -2.17. The highest BCUT2D eigenvalue weighted by Gasteiger charge is 2.22. The van der Waals surface area contributed by atoms with E-state index in [2.05, 4.69) is 15.3 Å². The van der Waals surface area contributed by atoms with E-state index in [4.69, 9.17) is 0 Å². The molecule has 1 aliphatic carbocycles. The molecule has 1 aliphatic rings. The van der Waals surface area contributed by atoms with Gasteiger partial charge in [0.25, 0.3) is 5.91 Å².